The van der Waals surface area contributed by atoms with Crippen molar-refractivity contribution >= 4 is 0 Å². The van der Waals surface area contributed by atoms with E-state index >= 15 is 0 Å². The fourth-order valence-electron chi connectivity index (χ4n) is 2.64. The molecule has 3 nitrogen and oxygen atoms in total. The largest absolute Gasteiger partial charge is 0.383 e. The molecule has 0 amide bonds. The molecule has 1 unspecified atom stereocenters. The first-order valence-electron chi connectivity index (χ1n) is 5.66. The minimum absolute atomic E-state index is 0.284. The van der Waals surface area contributed by atoms with Gasteiger partial charge in [-0.2, -0.15) is 0 Å². The summed E-state index contributed by atoms with van der Waals surface area (Å²) in [5.74, 6) is 0. The Morgan fingerprint density at radius 3 is 2.43 bits per heavy atom. The quantitative estimate of drug-likeness (QED) is 0.701. The topological polar surface area (TPSA) is 38.5 Å². The van der Waals surface area contributed by atoms with Crippen molar-refractivity contribution in [3.8, 4) is 0 Å². The first kappa shape index (κ1) is 12.0. The summed E-state index contributed by atoms with van der Waals surface area (Å²) in [6, 6.07) is 0.480. The van der Waals surface area contributed by atoms with Gasteiger partial charge in [-0.15, -0.1) is 0 Å². The van der Waals surface area contributed by atoms with E-state index in [0.29, 0.717) is 6.04 Å². The van der Waals surface area contributed by atoms with Gasteiger partial charge < -0.3 is 10.5 Å². The van der Waals surface area contributed by atoms with E-state index in [1.807, 2.05) is 0 Å². The highest BCUT2D eigenvalue weighted by Gasteiger charge is 2.42. The molecule has 0 aromatic heterocycles. The predicted octanol–water partition coefficient (Wildman–Crippen LogP) is 1.22. The van der Waals surface area contributed by atoms with Gasteiger partial charge in [0.25, 0.3) is 0 Å². The Morgan fingerprint density at radius 1 is 1.50 bits per heavy atom. The Hall–Kier alpha value is -0.120. The van der Waals surface area contributed by atoms with Gasteiger partial charge in [0.2, 0.25) is 0 Å². The van der Waals surface area contributed by atoms with Crippen molar-refractivity contribution in [2.75, 3.05) is 26.8 Å². The summed E-state index contributed by atoms with van der Waals surface area (Å²) < 4.78 is 5.21. The third-order valence-electron chi connectivity index (χ3n) is 3.55. The van der Waals surface area contributed by atoms with Crippen LogP contribution in [0.2, 0.25) is 0 Å². The second-order valence-electron chi connectivity index (χ2n) is 4.37. The highest BCUT2D eigenvalue weighted by Crippen LogP contribution is 2.37. The van der Waals surface area contributed by atoms with Crippen molar-refractivity contribution < 1.29 is 4.74 Å². The Labute approximate surface area is 87.6 Å². The molecule has 1 fully saturated rings. The summed E-state index contributed by atoms with van der Waals surface area (Å²) in [5.41, 5.74) is 6.18. The normalized spacial score (nSPS) is 22.1. The van der Waals surface area contributed by atoms with Gasteiger partial charge in [-0.05, 0) is 32.7 Å². The zero-order valence-corrected chi connectivity index (χ0v) is 9.75. The monoisotopic (exact) mass is 200 g/mol. The number of nitrogens with zero attached hydrogens (tertiary/aromatic N) is 1. The van der Waals surface area contributed by atoms with Crippen LogP contribution >= 0.6 is 0 Å². The van der Waals surface area contributed by atoms with E-state index < -0.39 is 0 Å². The molecule has 0 bridgehead atoms. The van der Waals surface area contributed by atoms with Crippen molar-refractivity contribution in [3.05, 3.63) is 0 Å². The molecular formula is C11H24N2O. The average molecular weight is 200 g/mol. The molecule has 14 heavy (non-hydrogen) atoms. The summed E-state index contributed by atoms with van der Waals surface area (Å²) in [7, 11) is 1.76. The lowest BCUT2D eigenvalue weighted by Crippen LogP contribution is -2.61. The summed E-state index contributed by atoms with van der Waals surface area (Å²) in [6.45, 7) is 7.09. The molecule has 1 aliphatic carbocycles. The van der Waals surface area contributed by atoms with E-state index in [1.165, 1.54) is 19.3 Å². The van der Waals surface area contributed by atoms with E-state index in [0.717, 1.165) is 19.7 Å². The fourth-order valence-corrected chi connectivity index (χ4v) is 2.64. The number of hydrogen-bond donors (Lipinski definition) is 1. The summed E-state index contributed by atoms with van der Waals surface area (Å²) in [4.78, 5) is 2.51. The van der Waals surface area contributed by atoms with E-state index in [2.05, 4.69) is 18.7 Å². The fraction of sp³-hybridized carbons (Fsp3) is 1.00. The molecule has 1 rings (SSSR count). The number of hydrogen-bond acceptors (Lipinski definition) is 3. The van der Waals surface area contributed by atoms with Gasteiger partial charge in [-0.1, -0.05) is 6.92 Å². The lowest BCUT2D eigenvalue weighted by molar-refractivity contribution is -0.0249. The van der Waals surface area contributed by atoms with Crippen molar-refractivity contribution in [3.63, 3.8) is 0 Å². The van der Waals surface area contributed by atoms with Crippen LogP contribution < -0.4 is 5.73 Å². The lowest BCUT2D eigenvalue weighted by atomic mass is 9.74. The summed E-state index contributed by atoms with van der Waals surface area (Å²) >= 11 is 0. The molecule has 0 heterocycles. The zero-order valence-electron chi connectivity index (χ0n) is 9.75. The molecule has 0 spiro atoms. The van der Waals surface area contributed by atoms with Crippen LogP contribution in [0.25, 0.3) is 0 Å². The molecule has 1 atom stereocenters. The Morgan fingerprint density at radius 2 is 2.14 bits per heavy atom. The predicted molar refractivity (Wildman–Crippen MR) is 59.4 cm³/mol. The number of methoxy groups -OCH3 is 1. The second kappa shape index (κ2) is 5.10. The van der Waals surface area contributed by atoms with Crippen molar-refractivity contribution in [1.82, 2.24) is 4.90 Å². The smallest absolute Gasteiger partial charge is 0.0615 e. The molecule has 0 aromatic rings. The minimum Gasteiger partial charge on any atom is -0.383 e. The molecule has 1 saturated carbocycles. The molecule has 0 radical (unpaired) electrons. The van der Waals surface area contributed by atoms with Crippen molar-refractivity contribution in [1.29, 1.82) is 0 Å². The maximum atomic E-state index is 5.90. The Bertz CT molecular complexity index is 163. The molecule has 84 valence electrons. The molecule has 0 aliphatic heterocycles. The standard InChI is InChI=1S/C11H24N2O/c1-4-13(10(2)8-14-3)11(9-12)6-5-7-11/h10H,4-9,12H2,1-3H3. The van der Waals surface area contributed by atoms with Gasteiger partial charge >= 0.3 is 0 Å². The molecule has 0 saturated heterocycles. The second-order valence-corrected chi connectivity index (χ2v) is 4.37. The number of likely N-dealkylation sites (N-methyl/N-ethyl adjacent to an activating group) is 1. The van der Waals surface area contributed by atoms with Crippen LogP contribution in [0.4, 0.5) is 0 Å². The van der Waals surface area contributed by atoms with Gasteiger partial charge in [0.1, 0.15) is 0 Å². The molecule has 1 aliphatic rings. The van der Waals surface area contributed by atoms with Crippen molar-refractivity contribution in [2.45, 2.75) is 44.7 Å². The average Bonchev–Trinajstić information content (AvgIpc) is 2.11. The first-order chi connectivity index (χ1) is 6.70. The van der Waals surface area contributed by atoms with E-state index in [1.54, 1.807) is 7.11 Å². The number of ether oxygens (including phenoxy) is 1. The first-order valence-corrected chi connectivity index (χ1v) is 5.66. The van der Waals surface area contributed by atoms with Gasteiger partial charge in [-0.25, -0.2) is 0 Å². The number of nitrogens with two attached hydrogens (primary N) is 1. The third kappa shape index (κ3) is 2.10. The van der Waals surface area contributed by atoms with Gasteiger partial charge in [0.05, 0.1) is 6.61 Å². The van der Waals surface area contributed by atoms with Crippen LogP contribution in [-0.4, -0.2) is 43.3 Å². The van der Waals surface area contributed by atoms with Gasteiger partial charge in [-0.3, -0.25) is 4.90 Å². The van der Waals surface area contributed by atoms with Crippen LogP contribution in [0.15, 0.2) is 0 Å². The maximum Gasteiger partial charge on any atom is 0.0615 e. The van der Waals surface area contributed by atoms with Crippen LogP contribution in [-0.2, 0) is 4.74 Å². The SMILES string of the molecule is CCN(C(C)COC)C1(CN)CCC1. The highest BCUT2D eigenvalue weighted by molar-refractivity contribution is 5.00. The van der Waals surface area contributed by atoms with Crippen LogP contribution in [0.5, 0.6) is 0 Å². The summed E-state index contributed by atoms with van der Waals surface area (Å²) in [6.07, 6.45) is 3.84. The molecular weight excluding hydrogens is 176 g/mol. The third-order valence-corrected chi connectivity index (χ3v) is 3.55. The molecule has 0 aromatic carbocycles. The van der Waals surface area contributed by atoms with Crippen molar-refractivity contribution in [2.24, 2.45) is 5.73 Å². The van der Waals surface area contributed by atoms with Crippen LogP contribution in [0.1, 0.15) is 33.1 Å². The van der Waals surface area contributed by atoms with Gasteiger partial charge in [0.15, 0.2) is 0 Å². The van der Waals surface area contributed by atoms with Crippen LogP contribution in [0, 0.1) is 0 Å². The highest BCUT2D eigenvalue weighted by atomic mass is 16.5. The maximum absolute atomic E-state index is 5.90. The van der Waals surface area contributed by atoms with E-state index in [4.69, 9.17) is 10.5 Å². The zero-order chi connectivity index (χ0) is 10.6. The summed E-state index contributed by atoms with van der Waals surface area (Å²) in [5, 5.41) is 0. The van der Waals surface area contributed by atoms with E-state index in [9.17, 15) is 0 Å². The lowest BCUT2D eigenvalue weighted by Gasteiger charge is -2.52. The molecule has 2 N–H and O–H groups in total. The van der Waals surface area contributed by atoms with Gasteiger partial charge in [0, 0.05) is 25.2 Å². The number of rotatable bonds is 6. The molecule has 3 heteroatoms. The Kier molecular flexibility index (Phi) is 4.35. The van der Waals surface area contributed by atoms with Crippen LogP contribution in [0.3, 0.4) is 0 Å². The Balaban J connectivity index is 2.59. The minimum atomic E-state index is 0.284. The van der Waals surface area contributed by atoms with E-state index in [-0.39, 0.29) is 5.54 Å².